The lowest BCUT2D eigenvalue weighted by molar-refractivity contribution is -0.142. The zero-order valence-corrected chi connectivity index (χ0v) is 21.2. The molecular formula is C28H26N4O4S. The Morgan fingerprint density at radius 3 is 2.59 bits per heavy atom. The molecule has 0 saturated carbocycles. The van der Waals surface area contributed by atoms with Crippen LogP contribution in [0.5, 0.6) is 0 Å². The maximum absolute atomic E-state index is 12.4. The Morgan fingerprint density at radius 2 is 1.84 bits per heavy atom. The average Bonchev–Trinajstić information content (AvgIpc) is 3.44. The molecule has 3 aromatic rings. The predicted molar refractivity (Wildman–Crippen MR) is 143 cm³/mol. The van der Waals surface area contributed by atoms with E-state index in [1.807, 2.05) is 24.3 Å². The molecule has 0 radical (unpaired) electrons. The van der Waals surface area contributed by atoms with Crippen LogP contribution in [-0.4, -0.2) is 47.0 Å². The average molecular weight is 515 g/mol. The van der Waals surface area contributed by atoms with E-state index in [0.29, 0.717) is 47.9 Å². The van der Waals surface area contributed by atoms with Gasteiger partial charge >= 0.3 is 5.97 Å². The largest absolute Gasteiger partial charge is 0.466 e. The fraction of sp³-hybridized carbons (Fsp3) is 0.250. The Kier molecular flexibility index (Phi) is 8.79. The van der Waals surface area contributed by atoms with Crippen LogP contribution in [0.15, 0.2) is 59.0 Å². The van der Waals surface area contributed by atoms with Gasteiger partial charge in [-0.3, -0.25) is 24.7 Å². The third kappa shape index (κ3) is 6.68. The molecule has 0 saturated heterocycles. The fourth-order valence-electron chi connectivity index (χ4n) is 3.76. The van der Waals surface area contributed by atoms with Crippen molar-refractivity contribution in [2.75, 3.05) is 18.6 Å². The molecule has 1 aliphatic rings. The zero-order valence-electron chi connectivity index (χ0n) is 20.4. The summed E-state index contributed by atoms with van der Waals surface area (Å²) in [6.07, 6.45) is 3.93. The molecule has 2 amide bonds. The number of nitrogens with zero attached hydrogens (tertiary/aromatic N) is 3. The molecule has 0 fully saturated rings. The number of rotatable bonds is 10. The summed E-state index contributed by atoms with van der Waals surface area (Å²) < 4.78 is 4.94. The molecule has 8 nitrogen and oxygen atoms in total. The second-order valence-corrected chi connectivity index (χ2v) is 9.01. The molecule has 0 spiro atoms. The zero-order chi connectivity index (χ0) is 26.0. The van der Waals surface area contributed by atoms with Crippen molar-refractivity contribution in [1.29, 1.82) is 0 Å². The Balaban J connectivity index is 1.25. The summed E-state index contributed by atoms with van der Waals surface area (Å²) in [5.74, 6) is 5.60. The van der Waals surface area contributed by atoms with Crippen LogP contribution < -0.4 is 5.43 Å². The van der Waals surface area contributed by atoms with Crippen LogP contribution in [0.1, 0.15) is 63.7 Å². The topological polar surface area (TPSA) is 101 Å². The highest BCUT2D eigenvalue weighted by Gasteiger charge is 2.34. The number of imide groups is 1. The van der Waals surface area contributed by atoms with Gasteiger partial charge in [-0.2, -0.15) is 5.10 Å². The number of hydrogen-bond acceptors (Lipinski definition) is 8. The van der Waals surface area contributed by atoms with E-state index in [4.69, 9.17) is 4.74 Å². The van der Waals surface area contributed by atoms with Crippen LogP contribution in [-0.2, 0) is 16.0 Å². The lowest BCUT2D eigenvalue weighted by atomic mass is 10.1. The molecule has 2 aromatic carbocycles. The molecule has 1 N–H and O–H groups in total. The number of carbonyl (C=O) groups is 3. The van der Waals surface area contributed by atoms with Gasteiger partial charge in [-0.25, -0.2) is 4.98 Å². The maximum Gasteiger partial charge on any atom is 0.311 e. The highest BCUT2D eigenvalue weighted by atomic mass is 32.1. The van der Waals surface area contributed by atoms with Gasteiger partial charge in [0.2, 0.25) is 5.13 Å². The first-order valence-corrected chi connectivity index (χ1v) is 12.9. The molecule has 9 heteroatoms. The Hall–Kier alpha value is -4.29. The van der Waals surface area contributed by atoms with Crippen LogP contribution in [0.4, 0.5) is 5.13 Å². The minimum absolute atomic E-state index is 0.131. The number of hydrogen-bond donors (Lipinski definition) is 1. The number of benzene rings is 2. The van der Waals surface area contributed by atoms with Gasteiger partial charge in [0, 0.05) is 29.5 Å². The van der Waals surface area contributed by atoms with Gasteiger partial charge in [-0.1, -0.05) is 42.2 Å². The van der Waals surface area contributed by atoms with E-state index in [-0.39, 0.29) is 24.2 Å². The van der Waals surface area contributed by atoms with Crippen molar-refractivity contribution >= 4 is 40.5 Å². The summed E-state index contributed by atoms with van der Waals surface area (Å²) in [6, 6.07) is 14.6. The first kappa shape index (κ1) is 25.8. The number of anilines is 1. The Labute approximate surface area is 219 Å². The van der Waals surface area contributed by atoms with Gasteiger partial charge in [-0.15, -0.1) is 11.3 Å². The fourth-order valence-corrected chi connectivity index (χ4v) is 4.42. The van der Waals surface area contributed by atoms with Gasteiger partial charge < -0.3 is 4.74 Å². The van der Waals surface area contributed by atoms with Crippen molar-refractivity contribution in [3.63, 3.8) is 0 Å². The van der Waals surface area contributed by atoms with Gasteiger partial charge in [0.15, 0.2) is 0 Å². The highest BCUT2D eigenvalue weighted by Crippen LogP contribution is 2.22. The number of fused-ring (bicyclic) bond motifs is 1. The summed E-state index contributed by atoms with van der Waals surface area (Å²) in [4.78, 5) is 42.1. The number of carbonyl (C=O) groups excluding carboxylic acids is 3. The Bertz CT molecular complexity index is 1350. The number of amides is 2. The monoisotopic (exact) mass is 514 g/mol. The normalized spacial score (nSPS) is 12.4. The van der Waals surface area contributed by atoms with Crippen LogP contribution in [0.3, 0.4) is 0 Å². The number of aromatic nitrogens is 1. The molecule has 37 heavy (non-hydrogen) atoms. The van der Waals surface area contributed by atoms with Crippen LogP contribution >= 0.6 is 11.3 Å². The third-order valence-electron chi connectivity index (χ3n) is 5.54. The van der Waals surface area contributed by atoms with Gasteiger partial charge in [0.25, 0.3) is 11.8 Å². The predicted octanol–water partition coefficient (Wildman–Crippen LogP) is 4.51. The molecule has 0 aliphatic carbocycles. The number of esters is 1. The standard InChI is InChI=1S/C28H26N4O4S/c1-2-36-25(33)17-22-19-37-28(30-22)31-29-18-21-13-7-6-12-20(21)11-5-3-4-10-16-32-26(34)23-14-8-9-15-24(23)27(32)35/h6-9,12-15,18-19H,2-4,10,16-17H2,1H3,(H,30,31). The first-order valence-electron chi connectivity index (χ1n) is 12.0. The second kappa shape index (κ2) is 12.6. The van der Waals surface area contributed by atoms with E-state index in [2.05, 4.69) is 27.4 Å². The maximum atomic E-state index is 12.4. The van der Waals surface area contributed by atoms with E-state index in [0.717, 1.165) is 17.5 Å². The summed E-state index contributed by atoms with van der Waals surface area (Å²) in [7, 11) is 0. The number of nitrogens with one attached hydrogen (secondary N) is 1. The molecule has 4 rings (SSSR count). The summed E-state index contributed by atoms with van der Waals surface area (Å²) >= 11 is 1.36. The van der Waals surface area contributed by atoms with Crippen LogP contribution in [0.2, 0.25) is 0 Å². The summed E-state index contributed by atoms with van der Waals surface area (Å²) in [6.45, 7) is 2.50. The minimum atomic E-state index is -0.307. The van der Waals surface area contributed by atoms with Crippen molar-refractivity contribution in [3.8, 4) is 11.8 Å². The van der Waals surface area contributed by atoms with E-state index in [1.165, 1.54) is 16.2 Å². The molecule has 0 bridgehead atoms. The van der Waals surface area contributed by atoms with Gasteiger partial charge in [-0.05, 0) is 38.0 Å². The minimum Gasteiger partial charge on any atom is -0.466 e. The third-order valence-corrected chi connectivity index (χ3v) is 6.34. The lowest BCUT2D eigenvalue weighted by Crippen LogP contribution is -2.30. The first-order chi connectivity index (χ1) is 18.1. The summed E-state index contributed by atoms with van der Waals surface area (Å²) in [5.41, 5.74) is 6.18. The number of unbranched alkanes of at least 4 members (excludes halogenated alkanes) is 2. The number of thiazole rings is 1. The molecule has 2 heterocycles. The highest BCUT2D eigenvalue weighted by molar-refractivity contribution is 7.13. The lowest BCUT2D eigenvalue weighted by Gasteiger charge is -2.12. The van der Waals surface area contributed by atoms with Gasteiger partial charge in [0.1, 0.15) is 0 Å². The van der Waals surface area contributed by atoms with Gasteiger partial charge in [0.05, 0.1) is 36.1 Å². The van der Waals surface area contributed by atoms with Crippen molar-refractivity contribution in [3.05, 3.63) is 81.9 Å². The van der Waals surface area contributed by atoms with Crippen molar-refractivity contribution in [2.45, 2.75) is 32.6 Å². The molecule has 1 aliphatic heterocycles. The van der Waals surface area contributed by atoms with E-state index >= 15 is 0 Å². The van der Waals surface area contributed by atoms with Crippen LogP contribution in [0.25, 0.3) is 0 Å². The van der Waals surface area contributed by atoms with Crippen molar-refractivity contribution < 1.29 is 19.1 Å². The molecular weight excluding hydrogens is 488 g/mol. The molecule has 1 aromatic heterocycles. The quantitative estimate of drug-likeness (QED) is 0.107. The van der Waals surface area contributed by atoms with E-state index in [1.54, 1.807) is 42.8 Å². The van der Waals surface area contributed by atoms with Crippen molar-refractivity contribution in [1.82, 2.24) is 9.88 Å². The molecule has 0 unspecified atom stereocenters. The van der Waals surface area contributed by atoms with E-state index < -0.39 is 0 Å². The Morgan fingerprint density at radius 1 is 1.11 bits per heavy atom. The number of ether oxygens (including phenoxy) is 1. The van der Waals surface area contributed by atoms with Crippen molar-refractivity contribution in [2.24, 2.45) is 5.10 Å². The second-order valence-electron chi connectivity index (χ2n) is 8.15. The molecule has 188 valence electrons. The van der Waals surface area contributed by atoms with E-state index in [9.17, 15) is 14.4 Å². The number of hydrazone groups is 1. The smallest absolute Gasteiger partial charge is 0.311 e. The van der Waals surface area contributed by atoms with Crippen LogP contribution in [0, 0.1) is 11.8 Å². The summed E-state index contributed by atoms with van der Waals surface area (Å²) in [5, 5.41) is 6.63. The molecule has 0 atom stereocenters. The SMILES string of the molecule is CCOC(=O)Cc1csc(NN=Cc2ccccc2C#CCCCCN2C(=O)c3ccccc3C2=O)n1.